The second kappa shape index (κ2) is 6.94. The number of carbonyl (C=O) groups is 1. The Morgan fingerprint density at radius 2 is 1.88 bits per heavy atom. The zero-order valence-electron chi connectivity index (χ0n) is 13.9. The van der Waals surface area contributed by atoms with Gasteiger partial charge in [-0.3, -0.25) is 9.59 Å². The Hall–Kier alpha value is -2.63. The predicted molar refractivity (Wildman–Crippen MR) is 98.5 cm³/mol. The van der Waals surface area contributed by atoms with Gasteiger partial charge in [-0.25, -0.2) is 0 Å². The maximum absolute atomic E-state index is 12.8. The number of nitrogens with zero attached hydrogens (tertiary/aromatic N) is 1. The molecule has 1 atom stereocenters. The molecule has 5 nitrogen and oxygen atoms in total. The van der Waals surface area contributed by atoms with Crippen LogP contribution in [0.15, 0.2) is 63.8 Å². The molecule has 2 aromatic carbocycles. The van der Waals surface area contributed by atoms with Crippen LogP contribution in [0, 0.1) is 0 Å². The van der Waals surface area contributed by atoms with Crippen LogP contribution in [0.1, 0.15) is 22.2 Å². The minimum Gasteiger partial charge on any atom is -0.451 e. The lowest BCUT2D eigenvalue weighted by Gasteiger charge is -2.32. The van der Waals surface area contributed by atoms with Gasteiger partial charge in [-0.15, -0.1) is 0 Å². The molecule has 1 amide bonds. The van der Waals surface area contributed by atoms with Gasteiger partial charge >= 0.3 is 0 Å². The number of halogens is 1. The number of benzene rings is 2. The van der Waals surface area contributed by atoms with E-state index in [1.54, 1.807) is 41.3 Å². The molecule has 132 valence electrons. The summed E-state index contributed by atoms with van der Waals surface area (Å²) in [6.45, 7) is 1.24. The van der Waals surface area contributed by atoms with Gasteiger partial charge in [0.05, 0.1) is 18.5 Å². The fourth-order valence-electron chi connectivity index (χ4n) is 3.08. The fourth-order valence-corrected chi connectivity index (χ4v) is 3.20. The molecule has 1 saturated heterocycles. The van der Waals surface area contributed by atoms with E-state index in [0.29, 0.717) is 35.7 Å². The zero-order valence-corrected chi connectivity index (χ0v) is 14.6. The third kappa shape index (κ3) is 3.23. The van der Waals surface area contributed by atoms with Crippen molar-refractivity contribution in [2.24, 2.45) is 0 Å². The van der Waals surface area contributed by atoms with Crippen LogP contribution in [-0.2, 0) is 4.74 Å². The number of fused-ring (bicyclic) bond motifs is 1. The van der Waals surface area contributed by atoms with Crippen LogP contribution in [-0.4, -0.2) is 30.5 Å². The van der Waals surface area contributed by atoms with Crippen LogP contribution < -0.4 is 5.43 Å². The molecule has 1 fully saturated rings. The van der Waals surface area contributed by atoms with Gasteiger partial charge in [0.15, 0.2) is 11.2 Å². The molecule has 3 aromatic rings. The summed E-state index contributed by atoms with van der Waals surface area (Å²) in [5.74, 6) is -0.263. The van der Waals surface area contributed by atoms with Crippen molar-refractivity contribution in [3.05, 3.63) is 81.2 Å². The molecule has 1 aromatic heterocycles. The average Bonchev–Trinajstić information content (AvgIpc) is 2.68. The van der Waals surface area contributed by atoms with E-state index in [1.165, 1.54) is 6.07 Å². The van der Waals surface area contributed by atoms with Gasteiger partial charge < -0.3 is 14.1 Å². The molecule has 1 aliphatic heterocycles. The number of hydrogen-bond acceptors (Lipinski definition) is 4. The molecular weight excluding hydrogens is 354 g/mol. The Labute approximate surface area is 154 Å². The highest BCUT2D eigenvalue weighted by Crippen LogP contribution is 2.25. The van der Waals surface area contributed by atoms with E-state index < -0.39 is 0 Å². The largest absolute Gasteiger partial charge is 0.451 e. The van der Waals surface area contributed by atoms with Crippen LogP contribution in [0.5, 0.6) is 0 Å². The highest BCUT2D eigenvalue weighted by atomic mass is 35.5. The van der Waals surface area contributed by atoms with E-state index in [-0.39, 0.29) is 23.2 Å². The van der Waals surface area contributed by atoms with Crippen molar-refractivity contribution < 1.29 is 13.9 Å². The Bertz CT molecular complexity index is 1010. The summed E-state index contributed by atoms with van der Waals surface area (Å²) < 4.78 is 11.4. The van der Waals surface area contributed by atoms with Crippen molar-refractivity contribution in [2.45, 2.75) is 6.10 Å². The number of para-hydroxylation sites is 1. The first-order valence-corrected chi connectivity index (χ1v) is 8.69. The smallest absolute Gasteiger partial charge is 0.289 e. The van der Waals surface area contributed by atoms with Crippen molar-refractivity contribution in [1.82, 2.24) is 4.90 Å². The first-order chi connectivity index (χ1) is 12.6. The van der Waals surface area contributed by atoms with Crippen LogP contribution in [0.25, 0.3) is 11.0 Å². The topological polar surface area (TPSA) is 59.8 Å². The summed E-state index contributed by atoms with van der Waals surface area (Å²) in [5, 5.41) is 1.11. The molecule has 6 heteroatoms. The fraction of sp³-hybridized carbons (Fsp3) is 0.200. The van der Waals surface area contributed by atoms with Crippen molar-refractivity contribution in [3.8, 4) is 0 Å². The normalized spacial score (nSPS) is 17.4. The molecule has 4 rings (SSSR count). The molecule has 1 unspecified atom stereocenters. The molecular formula is C20H16ClNO4. The third-order valence-electron chi connectivity index (χ3n) is 4.44. The number of ether oxygens (including phenoxy) is 1. The van der Waals surface area contributed by atoms with Crippen LogP contribution in [0.2, 0.25) is 5.02 Å². The van der Waals surface area contributed by atoms with Crippen LogP contribution in [0.3, 0.4) is 0 Å². The molecule has 0 N–H and O–H groups in total. The SMILES string of the molecule is O=C(c1cc(=O)c2ccccc2o1)N1CCOC(c2ccc(Cl)cc2)C1. The Morgan fingerprint density at radius 3 is 2.69 bits per heavy atom. The lowest BCUT2D eigenvalue weighted by atomic mass is 10.1. The maximum Gasteiger partial charge on any atom is 0.289 e. The summed E-state index contributed by atoms with van der Waals surface area (Å²) in [6.07, 6.45) is -0.239. The molecule has 0 bridgehead atoms. The van der Waals surface area contributed by atoms with Gasteiger partial charge in [0.1, 0.15) is 11.7 Å². The van der Waals surface area contributed by atoms with E-state index in [2.05, 4.69) is 0 Å². The van der Waals surface area contributed by atoms with Gasteiger partial charge in [-0.05, 0) is 29.8 Å². The van der Waals surface area contributed by atoms with Crippen LogP contribution >= 0.6 is 11.6 Å². The minimum atomic E-state index is -0.310. The molecule has 0 spiro atoms. The average molecular weight is 370 g/mol. The molecule has 2 heterocycles. The second-order valence-corrected chi connectivity index (χ2v) is 6.57. The van der Waals surface area contributed by atoms with E-state index in [0.717, 1.165) is 5.56 Å². The summed E-state index contributed by atoms with van der Waals surface area (Å²) in [7, 11) is 0. The van der Waals surface area contributed by atoms with Gasteiger partial charge in [0.25, 0.3) is 5.91 Å². The predicted octanol–water partition coefficient (Wildman–Crippen LogP) is 3.66. The van der Waals surface area contributed by atoms with Crippen molar-refractivity contribution in [2.75, 3.05) is 19.7 Å². The molecule has 1 aliphatic rings. The number of amides is 1. The maximum atomic E-state index is 12.8. The minimum absolute atomic E-state index is 0.0467. The van der Waals surface area contributed by atoms with Gasteiger partial charge in [-0.1, -0.05) is 35.9 Å². The van der Waals surface area contributed by atoms with Crippen LogP contribution in [0.4, 0.5) is 0 Å². The lowest BCUT2D eigenvalue weighted by molar-refractivity contribution is -0.0237. The highest BCUT2D eigenvalue weighted by Gasteiger charge is 2.27. The van der Waals surface area contributed by atoms with Gasteiger partial charge in [0, 0.05) is 17.6 Å². The lowest BCUT2D eigenvalue weighted by Crippen LogP contribution is -2.42. The number of morpholine rings is 1. The Kier molecular flexibility index (Phi) is 4.49. The quantitative estimate of drug-likeness (QED) is 0.691. The first kappa shape index (κ1) is 16.8. The van der Waals surface area contributed by atoms with Crippen molar-refractivity contribution in [1.29, 1.82) is 0 Å². The summed E-state index contributed by atoms with van der Waals surface area (Å²) in [6, 6.07) is 15.5. The van der Waals surface area contributed by atoms with Gasteiger partial charge in [-0.2, -0.15) is 0 Å². The van der Waals surface area contributed by atoms with Crippen molar-refractivity contribution in [3.63, 3.8) is 0 Å². The van der Waals surface area contributed by atoms with E-state index in [4.69, 9.17) is 20.8 Å². The Balaban J connectivity index is 1.59. The monoisotopic (exact) mass is 369 g/mol. The molecule has 0 aliphatic carbocycles. The highest BCUT2D eigenvalue weighted by molar-refractivity contribution is 6.30. The molecule has 0 saturated carbocycles. The third-order valence-corrected chi connectivity index (χ3v) is 4.69. The molecule has 26 heavy (non-hydrogen) atoms. The van der Waals surface area contributed by atoms with E-state index in [9.17, 15) is 9.59 Å². The van der Waals surface area contributed by atoms with E-state index >= 15 is 0 Å². The number of rotatable bonds is 2. The first-order valence-electron chi connectivity index (χ1n) is 8.31. The summed E-state index contributed by atoms with van der Waals surface area (Å²) in [5.41, 5.74) is 1.13. The number of carbonyl (C=O) groups excluding carboxylic acids is 1. The summed E-state index contributed by atoms with van der Waals surface area (Å²) >= 11 is 5.92. The second-order valence-electron chi connectivity index (χ2n) is 6.13. The standard InChI is InChI=1S/C20H16ClNO4/c21-14-7-5-13(6-8-14)19-12-22(9-10-25-19)20(24)18-11-16(23)15-3-1-2-4-17(15)26-18/h1-8,11,19H,9-10,12H2. The summed E-state index contributed by atoms with van der Waals surface area (Å²) in [4.78, 5) is 26.7. The van der Waals surface area contributed by atoms with E-state index in [1.807, 2.05) is 12.1 Å². The number of hydrogen-bond donors (Lipinski definition) is 0. The van der Waals surface area contributed by atoms with Gasteiger partial charge in [0.2, 0.25) is 0 Å². The zero-order chi connectivity index (χ0) is 18.1. The van der Waals surface area contributed by atoms with Crippen molar-refractivity contribution >= 4 is 28.5 Å². The Morgan fingerprint density at radius 1 is 1.12 bits per heavy atom. The molecule has 0 radical (unpaired) electrons.